The molecule has 0 aliphatic heterocycles. The molecule has 0 aromatic heterocycles. The van der Waals surface area contributed by atoms with Crippen molar-refractivity contribution in [2.75, 3.05) is 19.7 Å². The van der Waals surface area contributed by atoms with E-state index in [-0.39, 0.29) is 17.9 Å². The van der Waals surface area contributed by atoms with Crippen LogP contribution in [0.3, 0.4) is 0 Å². The fourth-order valence-electron chi connectivity index (χ4n) is 3.05. The Kier molecular flexibility index (Phi) is 5.76. The molecule has 4 nitrogen and oxygen atoms in total. The lowest BCUT2D eigenvalue weighted by Crippen LogP contribution is -2.41. The Hall–Kier alpha value is -1.39. The minimum Gasteiger partial charge on any atom is -0.396 e. The quantitative estimate of drug-likeness (QED) is 0.748. The van der Waals surface area contributed by atoms with Crippen LogP contribution in [-0.4, -0.2) is 30.7 Å². The summed E-state index contributed by atoms with van der Waals surface area (Å²) < 4.78 is 0. The molecule has 0 radical (unpaired) electrons. The Labute approximate surface area is 126 Å². The predicted molar refractivity (Wildman–Crippen MR) is 84.1 cm³/mol. The number of hydrogen-bond acceptors (Lipinski definition) is 3. The summed E-state index contributed by atoms with van der Waals surface area (Å²) in [5, 5.41) is 12.6. The third kappa shape index (κ3) is 4.29. The van der Waals surface area contributed by atoms with Crippen LogP contribution in [0.2, 0.25) is 0 Å². The number of aliphatic hydroxyl groups is 1. The highest BCUT2D eigenvalue weighted by Crippen LogP contribution is 2.35. The van der Waals surface area contributed by atoms with Crippen molar-refractivity contribution in [2.24, 2.45) is 11.1 Å². The molecule has 0 spiro atoms. The van der Waals surface area contributed by atoms with E-state index in [1.165, 1.54) is 6.42 Å². The van der Waals surface area contributed by atoms with Crippen molar-refractivity contribution in [3.63, 3.8) is 0 Å². The molecule has 1 aromatic carbocycles. The summed E-state index contributed by atoms with van der Waals surface area (Å²) in [7, 11) is 0. The maximum absolute atomic E-state index is 12.2. The minimum absolute atomic E-state index is 0.0623. The van der Waals surface area contributed by atoms with E-state index in [1.807, 2.05) is 24.3 Å². The number of carbonyl (C=O) groups excluding carboxylic acids is 1. The molecule has 1 amide bonds. The molecule has 4 heteroatoms. The molecule has 0 unspecified atom stereocenters. The van der Waals surface area contributed by atoms with Gasteiger partial charge < -0.3 is 16.2 Å². The Bertz CT molecular complexity index is 450. The zero-order valence-electron chi connectivity index (χ0n) is 12.6. The summed E-state index contributed by atoms with van der Waals surface area (Å²) >= 11 is 0. The van der Waals surface area contributed by atoms with Gasteiger partial charge in [-0.25, -0.2) is 0 Å². The summed E-state index contributed by atoms with van der Waals surface area (Å²) in [6, 6.07) is 7.58. The Morgan fingerprint density at radius 1 is 1.19 bits per heavy atom. The van der Waals surface area contributed by atoms with Crippen LogP contribution < -0.4 is 11.1 Å². The van der Waals surface area contributed by atoms with Gasteiger partial charge in [0.05, 0.1) is 6.61 Å². The van der Waals surface area contributed by atoms with Gasteiger partial charge in [0.15, 0.2) is 0 Å². The number of nitrogens with two attached hydrogens (primary N) is 1. The molecule has 21 heavy (non-hydrogen) atoms. The summed E-state index contributed by atoms with van der Waals surface area (Å²) in [6.07, 6.45) is 6.35. The topological polar surface area (TPSA) is 75.4 Å². The second kappa shape index (κ2) is 7.57. The van der Waals surface area contributed by atoms with Crippen molar-refractivity contribution in [1.29, 1.82) is 0 Å². The van der Waals surface area contributed by atoms with Crippen LogP contribution in [0.5, 0.6) is 0 Å². The van der Waals surface area contributed by atoms with E-state index in [0.717, 1.165) is 37.7 Å². The van der Waals surface area contributed by atoms with Gasteiger partial charge in [0.2, 0.25) is 0 Å². The van der Waals surface area contributed by atoms with Crippen molar-refractivity contribution >= 4 is 5.91 Å². The lowest BCUT2D eigenvalue weighted by atomic mass is 9.74. The Morgan fingerprint density at radius 2 is 1.86 bits per heavy atom. The number of aliphatic hydroxyl groups excluding tert-OH is 1. The van der Waals surface area contributed by atoms with Crippen molar-refractivity contribution in [1.82, 2.24) is 5.32 Å². The van der Waals surface area contributed by atoms with Gasteiger partial charge in [0.25, 0.3) is 5.91 Å². The summed E-state index contributed by atoms with van der Waals surface area (Å²) in [6.45, 7) is 1.33. The molecule has 1 aliphatic rings. The highest BCUT2D eigenvalue weighted by Gasteiger charge is 2.31. The van der Waals surface area contributed by atoms with E-state index in [1.54, 1.807) is 0 Å². The number of carbonyl (C=O) groups is 1. The number of amides is 1. The van der Waals surface area contributed by atoms with Crippen molar-refractivity contribution in [3.05, 3.63) is 35.4 Å². The van der Waals surface area contributed by atoms with E-state index in [0.29, 0.717) is 18.7 Å². The third-order valence-corrected chi connectivity index (χ3v) is 4.52. The molecule has 0 saturated heterocycles. The fourth-order valence-corrected chi connectivity index (χ4v) is 3.05. The largest absolute Gasteiger partial charge is 0.396 e. The first-order valence-corrected chi connectivity index (χ1v) is 7.87. The Balaban J connectivity index is 1.91. The zero-order valence-corrected chi connectivity index (χ0v) is 12.6. The van der Waals surface area contributed by atoms with E-state index < -0.39 is 0 Å². The smallest absolute Gasteiger partial charge is 0.251 e. The number of rotatable bonds is 6. The van der Waals surface area contributed by atoms with Gasteiger partial charge in [-0.2, -0.15) is 0 Å². The van der Waals surface area contributed by atoms with Crippen LogP contribution >= 0.6 is 0 Å². The first-order chi connectivity index (χ1) is 10.2. The molecule has 2 rings (SSSR count). The SMILES string of the molecule is NCCc1ccc(C(=O)NCC2(CO)CCCCC2)cc1. The number of benzene rings is 1. The molecule has 1 saturated carbocycles. The van der Waals surface area contributed by atoms with Gasteiger partial charge in [-0.15, -0.1) is 0 Å². The van der Waals surface area contributed by atoms with Gasteiger partial charge in [0.1, 0.15) is 0 Å². The summed E-state index contributed by atoms with van der Waals surface area (Å²) in [5.41, 5.74) is 7.21. The molecule has 0 heterocycles. The number of nitrogens with one attached hydrogen (secondary N) is 1. The normalized spacial score (nSPS) is 17.4. The van der Waals surface area contributed by atoms with Crippen LogP contribution in [0, 0.1) is 5.41 Å². The van der Waals surface area contributed by atoms with Crippen LogP contribution in [0.1, 0.15) is 48.0 Å². The van der Waals surface area contributed by atoms with Gasteiger partial charge in [-0.3, -0.25) is 4.79 Å². The highest BCUT2D eigenvalue weighted by atomic mass is 16.3. The lowest BCUT2D eigenvalue weighted by Gasteiger charge is -2.35. The van der Waals surface area contributed by atoms with Crippen LogP contribution in [0.4, 0.5) is 0 Å². The molecular weight excluding hydrogens is 264 g/mol. The van der Waals surface area contributed by atoms with Crippen LogP contribution in [-0.2, 0) is 6.42 Å². The van der Waals surface area contributed by atoms with E-state index in [2.05, 4.69) is 5.32 Å². The monoisotopic (exact) mass is 290 g/mol. The maximum Gasteiger partial charge on any atom is 0.251 e. The van der Waals surface area contributed by atoms with Gasteiger partial charge in [-0.05, 0) is 43.5 Å². The van der Waals surface area contributed by atoms with Crippen LogP contribution in [0.15, 0.2) is 24.3 Å². The summed E-state index contributed by atoms with van der Waals surface area (Å²) in [4.78, 5) is 12.2. The predicted octanol–water partition coefficient (Wildman–Crippen LogP) is 1.86. The van der Waals surface area contributed by atoms with Crippen molar-refractivity contribution in [3.8, 4) is 0 Å². The highest BCUT2D eigenvalue weighted by molar-refractivity contribution is 5.94. The molecule has 0 atom stereocenters. The second-order valence-corrected chi connectivity index (χ2v) is 6.14. The zero-order chi connectivity index (χ0) is 15.1. The van der Waals surface area contributed by atoms with Gasteiger partial charge in [0, 0.05) is 17.5 Å². The first kappa shape index (κ1) is 16.0. The Morgan fingerprint density at radius 3 is 2.43 bits per heavy atom. The fraction of sp³-hybridized carbons (Fsp3) is 0.588. The van der Waals surface area contributed by atoms with E-state index in [4.69, 9.17) is 5.73 Å². The first-order valence-electron chi connectivity index (χ1n) is 7.87. The van der Waals surface area contributed by atoms with E-state index >= 15 is 0 Å². The van der Waals surface area contributed by atoms with Gasteiger partial charge in [-0.1, -0.05) is 31.4 Å². The molecule has 1 aliphatic carbocycles. The minimum atomic E-state index is -0.118. The molecule has 116 valence electrons. The average Bonchev–Trinajstić information content (AvgIpc) is 2.54. The van der Waals surface area contributed by atoms with Gasteiger partial charge >= 0.3 is 0 Å². The van der Waals surface area contributed by atoms with E-state index in [9.17, 15) is 9.90 Å². The lowest BCUT2D eigenvalue weighted by molar-refractivity contribution is 0.0718. The van der Waals surface area contributed by atoms with Crippen molar-refractivity contribution < 1.29 is 9.90 Å². The standard InChI is InChI=1S/C17H26N2O2/c18-11-8-14-4-6-15(7-5-14)16(21)19-12-17(13-20)9-2-1-3-10-17/h4-7,20H,1-3,8-13,18H2,(H,19,21). The molecule has 0 bridgehead atoms. The molecular formula is C17H26N2O2. The van der Waals surface area contributed by atoms with Crippen molar-refractivity contribution in [2.45, 2.75) is 38.5 Å². The molecule has 1 fully saturated rings. The summed E-state index contributed by atoms with van der Waals surface area (Å²) in [5.74, 6) is -0.0623. The average molecular weight is 290 g/mol. The maximum atomic E-state index is 12.2. The number of hydrogen-bond donors (Lipinski definition) is 3. The third-order valence-electron chi connectivity index (χ3n) is 4.52. The second-order valence-electron chi connectivity index (χ2n) is 6.14. The van der Waals surface area contributed by atoms with Crippen LogP contribution in [0.25, 0.3) is 0 Å². The molecule has 1 aromatic rings. The molecule has 4 N–H and O–H groups in total.